The minimum Gasteiger partial charge on any atom is -0.328 e. The van der Waals surface area contributed by atoms with Gasteiger partial charge in [0, 0.05) is 35.6 Å². The van der Waals surface area contributed by atoms with E-state index in [-0.39, 0.29) is 23.1 Å². The van der Waals surface area contributed by atoms with Gasteiger partial charge in [-0.05, 0) is 47.7 Å². The molecule has 29 heavy (non-hydrogen) atoms. The Morgan fingerprint density at radius 2 is 1.97 bits per heavy atom. The minimum atomic E-state index is -0.389. The summed E-state index contributed by atoms with van der Waals surface area (Å²) in [5.41, 5.74) is 3.09. The van der Waals surface area contributed by atoms with Crippen LogP contribution in [0, 0.1) is 11.2 Å². The third-order valence-corrected chi connectivity index (χ3v) is 5.43. The van der Waals surface area contributed by atoms with Crippen LogP contribution in [-0.4, -0.2) is 25.5 Å². The number of aromatic nitrogens is 4. The fourth-order valence-electron chi connectivity index (χ4n) is 4.18. The first-order valence-electron chi connectivity index (χ1n) is 9.57. The Kier molecular flexibility index (Phi) is 3.87. The van der Waals surface area contributed by atoms with Gasteiger partial charge in [-0.2, -0.15) is 4.98 Å². The molecule has 7 heteroatoms. The number of Topliss-reactive ketones (excluding diaryl/α,β-unsaturated/α-hetero) is 1. The molecule has 0 amide bonds. The van der Waals surface area contributed by atoms with Gasteiger partial charge >= 0.3 is 0 Å². The molecule has 2 aromatic heterocycles. The Hall–Kier alpha value is -3.35. The molecule has 1 N–H and O–H groups in total. The zero-order valence-corrected chi connectivity index (χ0v) is 16.2. The molecule has 0 radical (unpaired) electrons. The van der Waals surface area contributed by atoms with Crippen molar-refractivity contribution in [3.05, 3.63) is 71.4 Å². The molecule has 1 atom stereocenters. The predicted molar refractivity (Wildman–Crippen MR) is 106 cm³/mol. The summed E-state index contributed by atoms with van der Waals surface area (Å²) >= 11 is 0. The van der Waals surface area contributed by atoms with Crippen molar-refractivity contribution < 1.29 is 9.18 Å². The summed E-state index contributed by atoms with van der Waals surface area (Å²) in [6, 6.07) is 9.48. The van der Waals surface area contributed by atoms with Crippen molar-refractivity contribution in [1.82, 2.24) is 19.7 Å². The van der Waals surface area contributed by atoms with Crippen LogP contribution < -0.4 is 5.32 Å². The highest BCUT2D eigenvalue weighted by Crippen LogP contribution is 2.45. The summed E-state index contributed by atoms with van der Waals surface area (Å²) in [6.45, 7) is 4.19. The zero-order valence-electron chi connectivity index (χ0n) is 16.2. The summed E-state index contributed by atoms with van der Waals surface area (Å²) in [4.78, 5) is 22.0. The minimum absolute atomic E-state index is 0.113. The van der Waals surface area contributed by atoms with E-state index in [2.05, 4.69) is 34.2 Å². The second-order valence-electron chi connectivity index (χ2n) is 8.36. The number of ketones is 1. The number of carbonyl (C=O) groups is 1. The number of nitrogens with zero attached hydrogens (tertiary/aromatic N) is 4. The van der Waals surface area contributed by atoms with E-state index in [1.165, 1.54) is 12.1 Å². The second-order valence-corrected chi connectivity index (χ2v) is 8.36. The lowest BCUT2D eigenvalue weighted by atomic mass is 9.73. The largest absolute Gasteiger partial charge is 0.328 e. The van der Waals surface area contributed by atoms with E-state index in [4.69, 9.17) is 0 Å². The lowest BCUT2D eigenvalue weighted by molar-refractivity contribution is -0.118. The van der Waals surface area contributed by atoms with Gasteiger partial charge < -0.3 is 5.32 Å². The molecule has 1 unspecified atom stereocenters. The van der Waals surface area contributed by atoms with Crippen LogP contribution >= 0.6 is 0 Å². The van der Waals surface area contributed by atoms with Crippen molar-refractivity contribution in [1.29, 1.82) is 0 Å². The van der Waals surface area contributed by atoms with E-state index < -0.39 is 0 Å². The maximum atomic E-state index is 13.3. The number of rotatable bonds is 2. The van der Waals surface area contributed by atoms with E-state index in [1.807, 2.05) is 12.1 Å². The van der Waals surface area contributed by atoms with Crippen molar-refractivity contribution in [2.75, 3.05) is 5.32 Å². The SMILES string of the molecule is CC1(C)CC(=O)C2=C(C1)Nc1nc(-c3ccc(F)cc3)nn1C2c1cccnc1. The molecular formula is C22H20FN5O. The van der Waals surface area contributed by atoms with Crippen LogP contribution in [0.2, 0.25) is 0 Å². The third kappa shape index (κ3) is 3.03. The lowest BCUT2D eigenvalue weighted by Gasteiger charge is -2.38. The molecule has 1 aromatic carbocycles. The molecule has 1 aliphatic heterocycles. The Balaban J connectivity index is 1.67. The molecule has 0 spiro atoms. The smallest absolute Gasteiger partial charge is 0.226 e. The molecule has 5 rings (SSSR count). The van der Waals surface area contributed by atoms with Crippen molar-refractivity contribution >= 4 is 11.7 Å². The fourth-order valence-corrected chi connectivity index (χ4v) is 4.18. The molecule has 3 aromatic rings. The number of pyridine rings is 1. The highest BCUT2D eigenvalue weighted by atomic mass is 19.1. The maximum absolute atomic E-state index is 13.3. The molecule has 6 nitrogen and oxygen atoms in total. The summed E-state index contributed by atoms with van der Waals surface area (Å²) in [7, 11) is 0. The number of allylic oxidation sites excluding steroid dienone is 2. The Labute approximate surface area is 167 Å². The van der Waals surface area contributed by atoms with Crippen molar-refractivity contribution in [3.8, 4) is 11.4 Å². The Bertz CT molecular complexity index is 1130. The van der Waals surface area contributed by atoms with Gasteiger partial charge in [0.25, 0.3) is 0 Å². The van der Waals surface area contributed by atoms with Gasteiger partial charge in [0.05, 0.1) is 0 Å². The van der Waals surface area contributed by atoms with Crippen molar-refractivity contribution in [2.45, 2.75) is 32.7 Å². The topological polar surface area (TPSA) is 72.7 Å². The zero-order chi connectivity index (χ0) is 20.2. The van der Waals surface area contributed by atoms with E-state index in [0.717, 1.165) is 23.3 Å². The summed E-state index contributed by atoms with van der Waals surface area (Å²) in [5, 5.41) is 8.02. The van der Waals surface area contributed by atoms with Crippen LogP contribution in [0.1, 0.15) is 38.3 Å². The number of fused-ring (bicyclic) bond motifs is 1. The van der Waals surface area contributed by atoms with Gasteiger partial charge in [-0.25, -0.2) is 9.07 Å². The van der Waals surface area contributed by atoms with E-state index in [0.29, 0.717) is 23.8 Å². The molecule has 3 heterocycles. The van der Waals surface area contributed by atoms with Crippen LogP contribution in [-0.2, 0) is 4.79 Å². The Morgan fingerprint density at radius 3 is 2.69 bits per heavy atom. The number of halogens is 1. The predicted octanol–water partition coefficient (Wildman–Crippen LogP) is 4.14. The van der Waals surface area contributed by atoms with Crippen LogP contribution in [0.5, 0.6) is 0 Å². The molecule has 0 fully saturated rings. The van der Waals surface area contributed by atoms with E-state index in [9.17, 15) is 9.18 Å². The molecule has 146 valence electrons. The average molecular weight is 389 g/mol. The standard InChI is InChI=1S/C22H20FN5O/c1-22(2)10-16-18(17(29)11-22)19(14-4-3-9-24-12-14)28-21(25-16)26-20(27-28)13-5-7-15(23)8-6-13/h3-9,12,19H,10-11H2,1-2H3,(H,25,26,27). The fraction of sp³-hybridized carbons (Fsp3) is 0.273. The average Bonchev–Trinajstić information content (AvgIpc) is 3.10. The van der Waals surface area contributed by atoms with E-state index >= 15 is 0 Å². The van der Waals surface area contributed by atoms with Crippen LogP contribution in [0.4, 0.5) is 10.3 Å². The van der Waals surface area contributed by atoms with Gasteiger partial charge in [0.15, 0.2) is 11.6 Å². The van der Waals surface area contributed by atoms with Crippen molar-refractivity contribution in [2.24, 2.45) is 5.41 Å². The normalized spacial score (nSPS) is 20.1. The first kappa shape index (κ1) is 17.7. The quantitative estimate of drug-likeness (QED) is 0.713. The number of hydrogen-bond acceptors (Lipinski definition) is 5. The molecule has 0 bridgehead atoms. The highest BCUT2D eigenvalue weighted by Gasteiger charge is 2.41. The van der Waals surface area contributed by atoms with Gasteiger partial charge in [-0.3, -0.25) is 9.78 Å². The number of hydrogen-bond donors (Lipinski definition) is 1. The number of carbonyl (C=O) groups excluding carboxylic acids is 1. The number of anilines is 1. The van der Waals surface area contributed by atoms with Gasteiger partial charge in [-0.1, -0.05) is 19.9 Å². The number of benzene rings is 1. The second kappa shape index (κ2) is 6.34. The molecule has 1 aliphatic carbocycles. The maximum Gasteiger partial charge on any atom is 0.226 e. The first-order valence-corrected chi connectivity index (χ1v) is 9.57. The third-order valence-electron chi connectivity index (χ3n) is 5.43. The molecule has 0 saturated carbocycles. The van der Waals surface area contributed by atoms with E-state index in [1.54, 1.807) is 29.2 Å². The molecule has 2 aliphatic rings. The van der Waals surface area contributed by atoms with Crippen LogP contribution in [0.25, 0.3) is 11.4 Å². The van der Waals surface area contributed by atoms with Crippen molar-refractivity contribution in [3.63, 3.8) is 0 Å². The monoisotopic (exact) mass is 389 g/mol. The Morgan fingerprint density at radius 1 is 1.17 bits per heavy atom. The van der Waals surface area contributed by atoms with Crippen LogP contribution in [0.15, 0.2) is 60.1 Å². The molecule has 0 saturated heterocycles. The highest BCUT2D eigenvalue weighted by molar-refractivity contribution is 6.00. The lowest BCUT2D eigenvalue weighted by Crippen LogP contribution is -2.36. The van der Waals surface area contributed by atoms with Crippen LogP contribution in [0.3, 0.4) is 0 Å². The summed E-state index contributed by atoms with van der Waals surface area (Å²) in [5.74, 6) is 0.853. The van der Waals surface area contributed by atoms with Gasteiger partial charge in [0.2, 0.25) is 5.95 Å². The van der Waals surface area contributed by atoms with Gasteiger partial charge in [-0.15, -0.1) is 5.10 Å². The first-order chi connectivity index (χ1) is 13.9. The van der Waals surface area contributed by atoms with Gasteiger partial charge in [0.1, 0.15) is 11.9 Å². The summed E-state index contributed by atoms with van der Waals surface area (Å²) < 4.78 is 15.1. The molecular weight excluding hydrogens is 369 g/mol. The number of nitrogens with one attached hydrogen (secondary N) is 1. The summed E-state index contributed by atoms with van der Waals surface area (Å²) in [6.07, 6.45) is 4.71.